The van der Waals surface area contributed by atoms with E-state index in [1.807, 2.05) is 6.20 Å². The third-order valence-corrected chi connectivity index (χ3v) is 1.67. The van der Waals surface area contributed by atoms with E-state index in [0.29, 0.717) is 0 Å². The van der Waals surface area contributed by atoms with Crippen molar-refractivity contribution in [2.24, 2.45) is 5.73 Å². The second kappa shape index (κ2) is 5.13. The van der Waals surface area contributed by atoms with Gasteiger partial charge in [-0.3, -0.25) is 9.89 Å². The zero-order valence-corrected chi connectivity index (χ0v) is 7.36. The molecule has 0 aliphatic rings. The number of allylic oxidation sites excluding steroid dienone is 1. The van der Waals surface area contributed by atoms with Crippen molar-refractivity contribution in [3.05, 3.63) is 30.1 Å². The Morgan fingerprint density at radius 3 is 3.15 bits per heavy atom. The quantitative estimate of drug-likeness (QED) is 0.517. The molecule has 70 valence electrons. The van der Waals surface area contributed by atoms with Crippen molar-refractivity contribution in [2.45, 2.75) is 19.3 Å². The zero-order chi connectivity index (χ0) is 9.52. The number of H-pyrrole nitrogens is 1. The van der Waals surface area contributed by atoms with Gasteiger partial charge in [-0.1, -0.05) is 6.08 Å². The fraction of sp³-hybridized carbons (Fsp3) is 0.333. The number of aromatic nitrogens is 2. The molecule has 1 heterocycles. The lowest BCUT2D eigenvalue weighted by Gasteiger charge is -1.92. The molecule has 3 N–H and O–H groups in total. The first-order valence-electron chi connectivity index (χ1n) is 4.22. The van der Waals surface area contributed by atoms with Gasteiger partial charge in [0, 0.05) is 6.20 Å². The minimum absolute atomic E-state index is 0.386. The van der Waals surface area contributed by atoms with E-state index < -0.39 is 0 Å². The van der Waals surface area contributed by atoms with Gasteiger partial charge in [-0.25, -0.2) is 0 Å². The minimum atomic E-state index is -0.386. The van der Waals surface area contributed by atoms with Crippen molar-refractivity contribution in [3.8, 4) is 0 Å². The van der Waals surface area contributed by atoms with Crippen LogP contribution >= 0.6 is 0 Å². The summed E-state index contributed by atoms with van der Waals surface area (Å²) < 4.78 is 0. The highest BCUT2D eigenvalue weighted by Crippen LogP contribution is 2.02. The molecular weight excluding hydrogens is 166 g/mol. The van der Waals surface area contributed by atoms with Gasteiger partial charge < -0.3 is 5.73 Å². The lowest BCUT2D eigenvalue weighted by atomic mass is 10.1. The van der Waals surface area contributed by atoms with Crippen LogP contribution in [0.2, 0.25) is 0 Å². The van der Waals surface area contributed by atoms with Gasteiger partial charge in [0.2, 0.25) is 5.91 Å². The van der Waals surface area contributed by atoms with Crippen LogP contribution in [-0.2, 0) is 11.2 Å². The number of unbranched alkanes of at least 4 members (excludes halogenated alkanes) is 1. The van der Waals surface area contributed by atoms with Gasteiger partial charge in [-0.05, 0) is 30.9 Å². The monoisotopic (exact) mass is 179 g/mol. The van der Waals surface area contributed by atoms with Crippen LogP contribution in [0.1, 0.15) is 18.4 Å². The first kappa shape index (κ1) is 9.51. The summed E-state index contributed by atoms with van der Waals surface area (Å²) in [6.45, 7) is 0. The summed E-state index contributed by atoms with van der Waals surface area (Å²) in [5.41, 5.74) is 6.12. The second-order valence-corrected chi connectivity index (χ2v) is 2.80. The Morgan fingerprint density at radius 1 is 1.69 bits per heavy atom. The Labute approximate surface area is 76.8 Å². The van der Waals surface area contributed by atoms with Crippen molar-refractivity contribution in [3.63, 3.8) is 0 Å². The van der Waals surface area contributed by atoms with E-state index >= 15 is 0 Å². The molecule has 4 nitrogen and oxygen atoms in total. The van der Waals surface area contributed by atoms with Crippen LogP contribution in [-0.4, -0.2) is 16.1 Å². The molecule has 0 unspecified atom stereocenters. The van der Waals surface area contributed by atoms with Crippen molar-refractivity contribution >= 4 is 5.91 Å². The van der Waals surface area contributed by atoms with Crippen LogP contribution in [0.4, 0.5) is 0 Å². The maximum Gasteiger partial charge on any atom is 0.241 e. The molecule has 1 amide bonds. The summed E-state index contributed by atoms with van der Waals surface area (Å²) >= 11 is 0. The van der Waals surface area contributed by atoms with Crippen LogP contribution in [0.5, 0.6) is 0 Å². The number of rotatable bonds is 5. The molecule has 0 saturated carbocycles. The van der Waals surface area contributed by atoms with Gasteiger partial charge in [0.25, 0.3) is 0 Å². The van der Waals surface area contributed by atoms with E-state index in [1.54, 1.807) is 12.3 Å². The highest BCUT2D eigenvalue weighted by Gasteiger charge is 1.91. The normalized spacial score (nSPS) is 10.8. The number of hydrogen-bond donors (Lipinski definition) is 2. The number of aromatic amines is 1. The van der Waals surface area contributed by atoms with Crippen molar-refractivity contribution in [1.29, 1.82) is 0 Å². The molecule has 1 rings (SSSR count). The van der Waals surface area contributed by atoms with Gasteiger partial charge >= 0.3 is 0 Å². The highest BCUT2D eigenvalue weighted by molar-refractivity contribution is 5.85. The standard InChI is InChI=1S/C9H13N3O/c10-9(13)5-3-1-2-4-8-6-11-12-7-8/h3,5-7H,1-2,4H2,(H2,10,13)(H,11,12). The van der Waals surface area contributed by atoms with Gasteiger partial charge in [0.05, 0.1) is 6.20 Å². The average molecular weight is 179 g/mol. The predicted molar refractivity (Wildman–Crippen MR) is 49.9 cm³/mol. The molecule has 0 bridgehead atoms. The second-order valence-electron chi connectivity index (χ2n) is 2.80. The molecule has 1 aromatic rings. The number of amides is 1. The van der Waals surface area contributed by atoms with E-state index in [0.717, 1.165) is 19.3 Å². The number of nitrogens with zero attached hydrogens (tertiary/aromatic N) is 1. The molecule has 0 spiro atoms. The number of primary amides is 1. The summed E-state index contributed by atoms with van der Waals surface area (Å²) in [6.07, 6.45) is 9.71. The maximum atomic E-state index is 10.3. The number of aryl methyl sites for hydroxylation is 1. The van der Waals surface area contributed by atoms with Gasteiger partial charge in [0.15, 0.2) is 0 Å². The summed E-state index contributed by atoms with van der Waals surface area (Å²) in [4.78, 5) is 10.3. The Morgan fingerprint density at radius 2 is 2.54 bits per heavy atom. The number of hydrogen-bond acceptors (Lipinski definition) is 2. The van der Waals surface area contributed by atoms with E-state index in [4.69, 9.17) is 5.73 Å². The third kappa shape index (κ3) is 4.10. The third-order valence-electron chi connectivity index (χ3n) is 1.67. The Hall–Kier alpha value is -1.58. The van der Waals surface area contributed by atoms with Crippen LogP contribution in [0.25, 0.3) is 0 Å². The molecule has 0 saturated heterocycles. The molecule has 13 heavy (non-hydrogen) atoms. The van der Waals surface area contributed by atoms with Crippen LogP contribution in [0, 0.1) is 0 Å². The molecule has 1 aromatic heterocycles. The fourth-order valence-corrected chi connectivity index (χ4v) is 1.04. The average Bonchev–Trinajstić information content (AvgIpc) is 2.55. The molecule has 4 heteroatoms. The molecular formula is C9H13N3O. The Kier molecular flexibility index (Phi) is 3.75. The van der Waals surface area contributed by atoms with Crippen LogP contribution < -0.4 is 5.73 Å². The smallest absolute Gasteiger partial charge is 0.241 e. The summed E-state index contributed by atoms with van der Waals surface area (Å²) in [5.74, 6) is -0.386. The molecule has 0 fully saturated rings. The van der Waals surface area contributed by atoms with E-state index in [-0.39, 0.29) is 5.91 Å². The molecule has 0 aliphatic carbocycles. The Bertz CT molecular complexity index is 277. The zero-order valence-electron chi connectivity index (χ0n) is 7.36. The first-order valence-corrected chi connectivity index (χ1v) is 4.22. The molecule has 0 radical (unpaired) electrons. The van der Waals surface area contributed by atoms with Gasteiger partial charge in [-0.15, -0.1) is 0 Å². The number of nitrogens with two attached hydrogens (primary N) is 1. The van der Waals surface area contributed by atoms with E-state index in [9.17, 15) is 4.79 Å². The van der Waals surface area contributed by atoms with Gasteiger partial charge in [0.1, 0.15) is 0 Å². The molecule has 0 aromatic carbocycles. The van der Waals surface area contributed by atoms with E-state index in [1.165, 1.54) is 11.6 Å². The maximum absolute atomic E-state index is 10.3. The minimum Gasteiger partial charge on any atom is -0.366 e. The highest BCUT2D eigenvalue weighted by atomic mass is 16.1. The summed E-state index contributed by atoms with van der Waals surface area (Å²) in [6, 6.07) is 0. The van der Waals surface area contributed by atoms with E-state index in [2.05, 4.69) is 10.2 Å². The lowest BCUT2D eigenvalue weighted by Crippen LogP contribution is -2.05. The van der Waals surface area contributed by atoms with Crippen molar-refractivity contribution in [1.82, 2.24) is 10.2 Å². The number of carbonyl (C=O) groups excluding carboxylic acids is 1. The molecule has 0 atom stereocenters. The van der Waals surface area contributed by atoms with Crippen molar-refractivity contribution in [2.75, 3.05) is 0 Å². The molecule has 0 aliphatic heterocycles. The number of carbonyl (C=O) groups is 1. The first-order chi connectivity index (χ1) is 6.29. The van der Waals surface area contributed by atoms with Gasteiger partial charge in [-0.2, -0.15) is 5.10 Å². The summed E-state index contributed by atoms with van der Waals surface area (Å²) in [5, 5.41) is 6.58. The Balaban J connectivity index is 2.12. The summed E-state index contributed by atoms with van der Waals surface area (Å²) in [7, 11) is 0. The SMILES string of the molecule is NC(=O)C=CCCCc1cn[nH]c1. The predicted octanol–water partition coefficient (Wildman–Crippen LogP) is 0.774. The fourth-order valence-electron chi connectivity index (χ4n) is 1.04. The topological polar surface area (TPSA) is 71.8 Å². The van der Waals surface area contributed by atoms with Crippen LogP contribution in [0.15, 0.2) is 24.5 Å². The number of nitrogens with one attached hydrogen (secondary N) is 1. The van der Waals surface area contributed by atoms with Crippen molar-refractivity contribution < 1.29 is 4.79 Å². The largest absolute Gasteiger partial charge is 0.366 e. The van der Waals surface area contributed by atoms with Crippen LogP contribution in [0.3, 0.4) is 0 Å². The lowest BCUT2D eigenvalue weighted by molar-refractivity contribution is -0.113.